The Morgan fingerprint density at radius 1 is 1.31 bits per heavy atom. The summed E-state index contributed by atoms with van der Waals surface area (Å²) < 4.78 is 3.51. The summed E-state index contributed by atoms with van der Waals surface area (Å²) in [5.74, 6) is 0. The first kappa shape index (κ1) is 7.98. The third-order valence-corrected chi connectivity index (χ3v) is 1.87. The lowest BCUT2D eigenvalue weighted by Gasteiger charge is -1.99. The zero-order chi connectivity index (χ0) is 9.26. The summed E-state index contributed by atoms with van der Waals surface area (Å²) in [6, 6.07) is 8.17. The van der Waals surface area contributed by atoms with Gasteiger partial charge < -0.3 is 4.57 Å². The molecule has 0 atom stereocenters. The van der Waals surface area contributed by atoms with Gasteiger partial charge in [0.15, 0.2) is 0 Å². The van der Waals surface area contributed by atoms with Gasteiger partial charge in [0, 0.05) is 0 Å². The van der Waals surface area contributed by atoms with Crippen molar-refractivity contribution in [1.29, 1.82) is 0 Å². The van der Waals surface area contributed by atoms with E-state index in [9.17, 15) is 0 Å². The monoisotopic (exact) mass is 173 g/mol. The van der Waals surface area contributed by atoms with E-state index in [0.29, 0.717) is 0 Å². The molecule has 0 saturated carbocycles. The average Bonchev–Trinajstić information content (AvgIpc) is 2.53. The summed E-state index contributed by atoms with van der Waals surface area (Å²) in [6.45, 7) is 2.07. The summed E-state index contributed by atoms with van der Waals surface area (Å²) in [5.41, 5.74) is 2.28. The quantitative estimate of drug-likeness (QED) is 0.462. The van der Waals surface area contributed by atoms with Crippen molar-refractivity contribution in [3.05, 3.63) is 42.5 Å². The molecule has 0 N–H and O–H groups in total. The molecular weight excluding hydrogens is 162 g/mol. The third kappa shape index (κ3) is 1.59. The number of aromatic nitrogens is 3. The number of hydrogen-bond donors (Lipinski definition) is 0. The fourth-order valence-corrected chi connectivity index (χ4v) is 1.14. The standard InChI is InChI=1S/C10H11N3/c1-9-3-5-10(6-4-9)13-8-12(2)7-11-13/h3-7H,1-2H3. The van der Waals surface area contributed by atoms with E-state index in [-0.39, 0.29) is 0 Å². The summed E-state index contributed by atoms with van der Waals surface area (Å²) in [6.07, 6.45) is 4.76. The second kappa shape index (κ2) is 3.01. The lowest BCUT2D eigenvalue weighted by molar-refractivity contribution is -0.661. The summed E-state index contributed by atoms with van der Waals surface area (Å²) in [4.78, 5) is 0. The van der Waals surface area contributed by atoms with E-state index in [1.165, 1.54) is 5.56 Å². The van der Waals surface area contributed by atoms with E-state index in [0.717, 1.165) is 5.69 Å². The normalized spacial score (nSPS) is 10.3. The number of nitrogens with zero attached hydrogens (tertiary/aromatic N) is 3. The van der Waals surface area contributed by atoms with Gasteiger partial charge in [-0.2, -0.15) is 0 Å². The average molecular weight is 173 g/mol. The van der Waals surface area contributed by atoms with Gasteiger partial charge in [-0.15, -0.1) is 5.10 Å². The second-order valence-electron chi connectivity index (χ2n) is 3.09. The van der Waals surface area contributed by atoms with Crippen molar-refractivity contribution in [2.45, 2.75) is 6.92 Å². The van der Waals surface area contributed by atoms with Gasteiger partial charge >= 0.3 is 0 Å². The molecule has 0 aliphatic carbocycles. The fraction of sp³-hybridized carbons (Fsp3) is 0.200. The van der Waals surface area contributed by atoms with Crippen LogP contribution >= 0.6 is 0 Å². The zero-order valence-corrected chi connectivity index (χ0v) is 7.73. The van der Waals surface area contributed by atoms with Crippen molar-refractivity contribution in [3.8, 4) is 5.69 Å². The molecule has 0 spiro atoms. The van der Waals surface area contributed by atoms with Gasteiger partial charge in [0.25, 0.3) is 0 Å². The molecule has 0 amide bonds. The van der Waals surface area contributed by atoms with Crippen LogP contribution in [-0.4, -0.2) is 9.67 Å². The molecule has 66 valence electrons. The largest absolute Gasteiger partial charge is 0.326 e. The Balaban J connectivity index is 2.41. The highest BCUT2D eigenvalue weighted by Crippen LogP contribution is 2.00. The number of hydrogen-bond acceptors (Lipinski definition) is 1. The Morgan fingerprint density at radius 2 is 2.00 bits per heavy atom. The molecule has 3 heteroatoms. The Labute approximate surface area is 77.3 Å². The van der Waals surface area contributed by atoms with Crippen LogP contribution in [0.5, 0.6) is 0 Å². The topological polar surface area (TPSA) is 21.7 Å². The van der Waals surface area contributed by atoms with Crippen LogP contribution in [0.3, 0.4) is 0 Å². The molecular formula is C10H11N3. The van der Waals surface area contributed by atoms with Crippen molar-refractivity contribution in [2.75, 3.05) is 0 Å². The minimum absolute atomic E-state index is 1.03. The molecule has 0 bridgehead atoms. The fourth-order valence-electron chi connectivity index (χ4n) is 1.14. The van der Waals surface area contributed by atoms with Crippen LogP contribution in [0.15, 0.2) is 30.6 Å². The van der Waals surface area contributed by atoms with Crippen LogP contribution in [0.25, 0.3) is 5.69 Å². The molecule has 0 fully saturated rings. The van der Waals surface area contributed by atoms with Crippen molar-refractivity contribution in [2.24, 2.45) is 7.05 Å². The predicted octanol–water partition coefficient (Wildman–Crippen LogP) is 0.805. The highest BCUT2D eigenvalue weighted by Gasteiger charge is 1.96. The summed E-state index contributed by atoms with van der Waals surface area (Å²) in [5, 5.41) is 4.14. The molecule has 1 aromatic carbocycles. The van der Waals surface area contributed by atoms with Crippen LogP contribution in [0.1, 0.15) is 5.56 Å². The first-order valence-electron chi connectivity index (χ1n) is 4.16. The Bertz CT molecular complexity index is 400. The predicted molar refractivity (Wildman–Crippen MR) is 48.3 cm³/mol. The molecule has 1 aromatic heterocycles. The minimum Gasteiger partial charge on any atom is -0.326 e. The van der Waals surface area contributed by atoms with E-state index < -0.39 is 0 Å². The molecule has 0 unspecified atom stereocenters. The second-order valence-corrected chi connectivity index (χ2v) is 3.09. The molecule has 2 aromatic rings. The highest BCUT2D eigenvalue weighted by molar-refractivity contribution is 5.25. The molecule has 0 radical (unpaired) electrons. The van der Waals surface area contributed by atoms with Crippen LogP contribution in [-0.2, 0) is 7.05 Å². The zero-order valence-electron chi connectivity index (χ0n) is 7.73. The van der Waals surface area contributed by atoms with Crippen molar-refractivity contribution >= 4 is 0 Å². The van der Waals surface area contributed by atoms with E-state index in [4.69, 9.17) is 0 Å². The molecule has 0 saturated heterocycles. The lowest BCUT2D eigenvalue weighted by Crippen LogP contribution is -2.32. The van der Waals surface area contributed by atoms with Gasteiger partial charge in [-0.25, -0.2) is 4.68 Å². The SMILES string of the molecule is Cc1ccc(-[n+]2[c-]n(C)cn2)cc1. The molecule has 2 rings (SSSR count). The van der Waals surface area contributed by atoms with Gasteiger partial charge in [-0.1, -0.05) is 29.8 Å². The van der Waals surface area contributed by atoms with E-state index in [1.807, 2.05) is 19.2 Å². The molecule has 1 heterocycles. The van der Waals surface area contributed by atoms with Crippen LogP contribution < -0.4 is 4.68 Å². The Kier molecular flexibility index (Phi) is 1.85. The lowest BCUT2D eigenvalue weighted by atomic mass is 10.2. The number of rotatable bonds is 1. The van der Waals surface area contributed by atoms with Crippen LogP contribution in [0.4, 0.5) is 0 Å². The van der Waals surface area contributed by atoms with Crippen molar-refractivity contribution in [3.63, 3.8) is 0 Å². The van der Waals surface area contributed by atoms with E-state index in [1.54, 1.807) is 15.6 Å². The van der Waals surface area contributed by atoms with Gasteiger partial charge in [0.05, 0.1) is 12.7 Å². The molecule has 0 aliphatic heterocycles. The summed E-state index contributed by atoms with van der Waals surface area (Å²) >= 11 is 0. The van der Waals surface area contributed by atoms with Gasteiger partial charge in [-0.05, 0) is 6.92 Å². The van der Waals surface area contributed by atoms with Crippen LogP contribution in [0.2, 0.25) is 0 Å². The molecule has 3 nitrogen and oxygen atoms in total. The minimum atomic E-state index is 1.03. The number of aryl methyl sites for hydroxylation is 2. The van der Waals surface area contributed by atoms with Crippen molar-refractivity contribution < 1.29 is 4.68 Å². The maximum Gasteiger partial charge on any atom is 0.233 e. The third-order valence-electron chi connectivity index (χ3n) is 1.87. The van der Waals surface area contributed by atoms with Gasteiger partial charge in [-0.3, -0.25) is 0 Å². The molecule has 0 aliphatic rings. The maximum atomic E-state index is 4.14. The first-order chi connectivity index (χ1) is 6.25. The van der Waals surface area contributed by atoms with E-state index in [2.05, 4.69) is 30.5 Å². The van der Waals surface area contributed by atoms with Gasteiger partial charge in [0.2, 0.25) is 6.33 Å². The first-order valence-corrected chi connectivity index (χ1v) is 4.16. The van der Waals surface area contributed by atoms with E-state index >= 15 is 0 Å². The maximum absolute atomic E-state index is 4.14. The summed E-state index contributed by atoms with van der Waals surface area (Å²) in [7, 11) is 1.90. The van der Waals surface area contributed by atoms with Crippen molar-refractivity contribution in [1.82, 2.24) is 9.67 Å². The Morgan fingerprint density at radius 3 is 2.54 bits per heavy atom. The van der Waals surface area contributed by atoms with Gasteiger partial charge in [0.1, 0.15) is 6.33 Å². The Hall–Kier alpha value is -1.64. The highest BCUT2D eigenvalue weighted by atomic mass is 15.3. The number of benzene rings is 1. The van der Waals surface area contributed by atoms with Crippen LogP contribution in [0, 0.1) is 13.3 Å². The smallest absolute Gasteiger partial charge is 0.233 e. The molecule has 13 heavy (non-hydrogen) atoms.